The van der Waals surface area contributed by atoms with Gasteiger partial charge in [-0.25, -0.2) is 0 Å². The van der Waals surface area contributed by atoms with Crippen molar-refractivity contribution in [2.24, 2.45) is 0 Å². The number of phenols is 3. The molecule has 0 saturated carbocycles. The smallest absolute Gasteiger partial charge is 0.126 e. The molecule has 0 aromatic heterocycles. The maximum absolute atomic E-state index is 9.56. The molecule has 3 heteroatoms. The summed E-state index contributed by atoms with van der Waals surface area (Å²) in [6.45, 7) is 0. The van der Waals surface area contributed by atoms with E-state index in [0.29, 0.717) is 5.56 Å². The van der Waals surface area contributed by atoms with Gasteiger partial charge in [-0.05, 0) is 35.9 Å². The van der Waals surface area contributed by atoms with Crippen LogP contribution < -0.4 is 0 Å². The second-order valence-corrected chi connectivity index (χ2v) is 3.63. The fraction of sp³-hybridized carbons (Fsp3) is 0. The molecular weight excluding hydrogens is 216 g/mol. The molecule has 0 bridgehead atoms. The van der Waals surface area contributed by atoms with Crippen LogP contribution >= 0.6 is 0 Å². The van der Waals surface area contributed by atoms with Crippen LogP contribution in [0.3, 0.4) is 0 Å². The zero-order chi connectivity index (χ0) is 12.3. The Balaban J connectivity index is 2.29. The lowest BCUT2D eigenvalue weighted by Gasteiger charge is -2.01. The fourth-order valence-electron chi connectivity index (χ4n) is 1.48. The Bertz CT molecular complexity index is 522. The summed E-state index contributed by atoms with van der Waals surface area (Å²) in [4.78, 5) is 0. The van der Waals surface area contributed by atoms with Gasteiger partial charge in [-0.2, -0.15) is 0 Å². The summed E-state index contributed by atoms with van der Waals surface area (Å²) in [5, 5.41) is 28.3. The number of aromatic hydroxyl groups is 3. The van der Waals surface area contributed by atoms with Gasteiger partial charge in [0, 0.05) is 0 Å². The molecule has 86 valence electrons. The van der Waals surface area contributed by atoms with Crippen molar-refractivity contribution in [3.05, 3.63) is 53.6 Å². The van der Waals surface area contributed by atoms with Crippen LogP contribution in [-0.2, 0) is 0 Å². The van der Waals surface area contributed by atoms with Crippen LogP contribution in [0.5, 0.6) is 17.2 Å². The standard InChI is InChI=1S/C14H12O3/c15-11-7-4-10(5-8-11)6-9-12-13(16)2-1-3-14(12)17/h1-9,15-17H. The van der Waals surface area contributed by atoms with Crippen molar-refractivity contribution in [3.8, 4) is 17.2 Å². The van der Waals surface area contributed by atoms with Gasteiger partial charge in [-0.3, -0.25) is 0 Å². The molecule has 17 heavy (non-hydrogen) atoms. The Morgan fingerprint density at radius 2 is 1.29 bits per heavy atom. The number of benzene rings is 2. The molecule has 0 fully saturated rings. The first-order chi connectivity index (χ1) is 8.16. The first-order valence-corrected chi connectivity index (χ1v) is 5.15. The quantitative estimate of drug-likeness (QED) is 0.692. The van der Waals surface area contributed by atoms with Gasteiger partial charge in [-0.15, -0.1) is 0 Å². The fourth-order valence-corrected chi connectivity index (χ4v) is 1.48. The third-order valence-corrected chi connectivity index (χ3v) is 2.40. The third kappa shape index (κ3) is 2.58. The Labute approximate surface area is 98.9 Å². The van der Waals surface area contributed by atoms with Gasteiger partial charge < -0.3 is 15.3 Å². The number of phenolic OH excluding ortho intramolecular Hbond substituents is 3. The van der Waals surface area contributed by atoms with Crippen LogP contribution in [0.15, 0.2) is 42.5 Å². The summed E-state index contributed by atoms with van der Waals surface area (Å²) in [5.74, 6) is 0.257. The molecule has 0 amide bonds. The van der Waals surface area contributed by atoms with E-state index in [9.17, 15) is 10.2 Å². The van der Waals surface area contributed by atoms with Crippen LogP contribution in [0.25, 0.3) is 12.2 Å². The maximum Gasteiger partial charge on any atom is 0.126 e. The van der Waals surface area contributed by atoms with E-state index >= 15 is 0 Å². The zero-order valence-corrected chi connectivity index (χ0v) is 9.04. The Morgan fingerprint density at radius 1 is 0.706 bits per heavy atom. The van der Waals surface area contributed by atoms with Gasteiger partial charge in [0.15, 0.2) is 0 Å². The average molecular weight is 228 g/mol. The van der Waals surface area contributed by atoms with Crippen LogP contribution in [0.2, 0.25) is 0 Å². The van der Waals surface area contributed by atoms with E-state index in [-0.39, 0.29) is 17.2 Å². The highest BCUT2D eigenvalue weighted by Crippen LogP contribution is 2.28. The van der Waals surface area contributed by atoms with Gasteiger partial charge in [0.2, 0.25) is 0 Å². The van der Waals surface area contributed by atoms with Crippen LogP contribution in [0, 0.1) is 0 Å². The highest BCUT2D eigenvalue weighted by molar-refractivity contribution is 5.75. The van der Waals surface area contributed by atoms with E-state index in [0.717, 1.165) is 5.56 Å². The second-order valence-electron chi connectivity index (χ2n) is 3.63. The molecule has 0 radical (unpaired) electrons. The first-order valence-electron chi connectivity index (χ1n) is 5.15. The summed E-state index contributed by atoms with van der Waals surface area (Å²) in [6, 6.07) is 11.2. The summed E-state index contributed by atoms with van der Waals surface area (Å²) >= 11 is 0. The SMILES string of the molecule is Oc1ccc(C=Cc2c(O)cccc2O)cc1. The van der Waals surface area contributed by atoms with Gasteiger partial charge >= 0.3 is 0 Å². The summed E-state index contributed by atoms with van der Waals surface area (Å²) < 4.78 is 0. The molecule has 0 heterocycles. The van der Waals surface area contributed by atoms with E-state index < -0.39 is 0 Å². The minimum Gasteiger partial charge on any atom is -0.508 e. The lowest BCUT2D eigenvalue weighted by Crippen LogP contribution is -1.76. The molecule has 3 nitrogen and oxygen atoms in total. The Morgan fingerprint density at radius 3 is 1.88 bits per heavy atom. The number of hydrogen-bond acceptors (Lipinski definition) is 3. The van der Waals surface area contributed by atoms with Crippen LogP contribution in [0.1, 0.15) is 11.1 Å². The lowest BCUT2D eigenvalue weighted by atomic mass is 10.1. The third-order valence-electron chi connectivity index (χ3n) is 2.40. The Kier molecular flexibility index (Phi) is 3.01. The number of rotatable bonds is 2. The molecule has 0 aliphatic rings. The molecular formula is C14H12O3. The highest BCUT2D eigenvalue weighted by atomic mass is 16.3. The van der Waals surface area contributed by atoms with Crippen molar-refractivity contribution in [3.63, 3.8) is 0 Å². The summed E-state index contributed by atoms with van der Waals surface area (Å²) in [6.07, 6.45) is 3.37. The van der Waals surface area contributed by atoms with E-state index in [1.165, 1.54) is 12.1 Å². The molecule has 0 aliphatic heterocycles. The number of hydrogen-bond donors (Lipinski definition) is 3. The molecule has 0 aliphatic carbocycles. The molecule has 2 aromatic carbocycles. The lowest BCUT2D eigenvalue weighted by molar-refractivity contribution is 0.448. The minimum absolute atomic E-state index is 0.0278. The van der Waals surface area contributed by atoms with Gasteiger partial charge in [0.25, 0.3) is 0 Å². The maximum atomic E-state index is 9.56. The molecule has 3 N–H and O–H groups in total. The van der Waals surface area contributed by atoms with E-state index in [4.69, 9.17) is 5.11 Å². The minimum atomic E-state index is 0.0278. The molecule has 0 saturated heterocycles. The summed E-state index contributed by atoms with van der Waals surface area (Å²) in [7, 11) is 0. The van der Waals surface area contributed by atoms with Crippen LogP contribution in [0.4, 0.5) is 0 Å². The largest absolute Gasteiger partial charge is 0.508 e. The average Bonchev–Trinajstić information content (AvgIpc) is 2.31. The molecule has 2 aromatic rings. The Hall–Kier alpha value is -2.42. The van der Waals surface area contributed by atoms with E-state index in [1.54, 1.807) is 42.5 Å². The summed E-state index contributed by atoms with van der Waals surface area (Å²) in [5.41, 5.74) is 1.24. The second kappa shape index (κ2) is 4.61. The van der Waals surface area contributed by atoms with Crippen molar-refractivity contribution in [1.82, 2.24) is 0 Å². The van der Waals surface area contributed by atoms with Crippen molar-refractivity contribution < 1.29 is 15.3 Å². The van der Waals surface area contributed by atoms with Gasteiger partial charge in [0.05, 0.1) is 5.56 Å². The normalized spacial score (nSPS) is 10.8. The van der Waals surface area contributed by atoms with Gasteiger partial charge in [0.1, 0.15) is 17.2 Å². The topological polar surface area (TPSA) is 60.7 Å². The van der Waals surface area contributed by atoms with Crippen molar-refractivity contribution in [2.45, 2.75) is 0 Å². The molecule has 0 unspecified atom stereocenters. The first kappa shape index (κ1) is 11.1. The molecule has 0 spiro atoms. The zero-order valence-electron chi connectivity index (χ0n) is 9.04. The predicted octanol–water partition coefficient (Wildman–Crippen LogP) is 2.97. The predicted molar refractivity (Wildman–Crippen MR) is 66.8 cm³/mol. The van der Waals surface area contributed by atoms with Crippen LogP contribution in [-0.4, -0.2) is 15.3 Å². The van der Waals surface area contributed by atoms with Crippen molar-refractivity contribution >= 4 is 12.2 Å². The monoisotopic (exact) mass is 228 g/mol. The molecule has 2 rings (SSSR count). The highest BCUT2D eigenvalue weighted by Gasteiger charge is 2.02. The van der Waals surface area contributed by atoms with Crippen molar-refractivity contribution in [1.29, 1.82) is 0 Å². The molecule has 0 atom stereocenters. The van der Waals surface area contributed by atoms with Crippen molar-refractivity contribution in [2.75, 3.05) is 0 Å². The van der Waals surface area contributed by atoms with E-state index in [2.05, 4.69) is 0 Å². The van der Waals surface area contributed by atoms with Gasteiger partial charge in [-0.1, -0.05) is 24.3 Å². The van der Waals surface area contributed by atoms with E-state index in [1.807, 2.05) is 0 Å².